The summed E-state index contributed by atoms with van der Waals surface area (Å²) in [5.41, 5.74) is 0.0417. The summed E-state index contributed by atoms with van der Waals surface area (Å²) in [4.78, 5) is 10.2. The molecule has 0 saturated heterocycles. The second-order valence-corrected chi connectivity index (χ2v) is 4.00. The van der Waals surface area contributed by atoms with Gasteiger partial charge in [-0.05, 0) is 6.08 Å². The minimum absolute atomic E-state index is 0.0417. The number of carbonyl (C=O) groups excluding carboxylic acids is 1. The zero-order valence-electron chi connectivity index (χ0n) is 6.10. The molecule has 0 amide bonds. The summed E-state index contributed by atoms with van der Waals surface area (Å²) >= 11 is 0. The van der Waals surface area contributed by atoms with Crippen molar-refractivity contribution < 1.29 is 13.2 Å². The van der Waals surface area contributed by atoms with Crippen LogP contribution in [0.25, 0.3) is 0 Å². The zero-order valence-corrected chi connectivity index (χ0v) is 6.91. The van der Waals surface area contributed by atoms with Gasteiger partial charge in [0, 0.05) is 0 Å². The number of allylic oxidation sites excluding steroid dienone is 3. The van der Waals surface area contributed by atoms with Gasteiger partial charge >= 0.3 is 0 Å². The van der Waals surface area contributed by atoms with E-state index in [0.29, 0.717) is 0 Å². The number of rotatable bonds is 1. The molecule has 0 fully saturated rings. The van der Waals surface area contributed by atoms with Crippen molar-refractivity contribution in [3.8, 4) is 0 Å². The highest BCUT2D eigenvalue weighted by Crippen LogP contribution is 2.14. The standard InChI is InChI=1S/C7H7NO3S/c8-12(10,11)7-4-2-1-3-6(7)5-9/h1-4,7H,(H2,8,10,11). The van der Waals surface area contributed by atoms with Crippen molar-refractivity contribution in [1.29, 1.82) is 0 Å². The smallest absolute Gasteiger partial charge is 0.220 e. The summed E-state index contributed by atoms with van der Waals surface area (Å²) in [6, 6.07) is 0. The van der Waals surface area contributed by atoms with Gasteiger partial charge in [-0.1, -0.05) is 18.2 Å². The SMILES string of the molecule is NS(=O)(=O)C1C=CC=CC1=C=O. The normalized spacial score (nSPS) is 22.4. The van der Waals surface area contributed by atoms with Crippen LogP contribution < -0.4 is 5.14 Å². The van der Waals surface area contributed by atoms with Crippen molar-refractivity contribution in [2.45, 2.75) is 5.25 Å². The van der Waals surface area contributed by atoms with Gasteiger partial charge in [0.1, 0.15) is 11.2 Å². The van der Waals surface area contributed by atoms with Crippen LogP contribution in [-0.4, -0.2) is 19.6 Å². The summed E-state index contributed by atoms with van der Waals surface area (Å²) in [7, 11) is -3.72. The zero-order chi connectivity index (χ0) is 9.19. The van der Waals surface area contributed by atoms with Gasteiger partial charge in [0.15, 0.2) is 0 Å². The Bertz CT molecular complexity index is 385. The van der Waals surface area contributed by atoms with Crippen molar-refractivity contribution >= 4 is 16.0 Å². The molecule has 1 unspecified atom stereocenters. The van der Waals surface area contributed by atoms with E-state index in [2.05, 4.69) is 0 Å². The summed E-state index contributed by atoms with van der Waals surface area (Å²) < 4.78 is 21.7. The van der Waals surface area contributed by atoms with Crippen LogP contribution in [0.15, 0.2) is 29.9 Å². The summed E-state index contributed by atoms with van der Waals surface area (Å²) in [6.07, 6.45) is 5.80. The molecule has 0 heterocycles. The van der Waals surface area contributed by atoms with Gasteiger partial charge in [-0.25, -0.2) is 18.4 Å². The van der Waals surface area contributed by atoms with Gasteiger partial charge in [-0.15, -0.1) is 0 Å². The Morgan fingerprint density at radius 1 is 1.42 bits per heavy atom. The van der Waals surface area contributed by atoms with Gasteiger partial charge in [0.05, 0.1) is 5.57 Å². The molecule has 1 rings (SSSR count). The molecular weight excluding hydrogens is 178 g/mol. The number of hydrogen-bond acceptors (Lipinski definition) is 3. The van der Waals surface area contributed by atoms with Crippen LogP contribution in [0.2, 0.25) is 0 Å². The molecule has 0 radical (unpaired) electrons. The maximum absolute atomic E-state index is 10.8. The number of nitrogens with two attached hydrogens (primary N) is 1. The van der Waals surface area contributed by atoms with Crippen molar-refractivity contribution in [2.75, 3.05) is 0 Å². The highest BCUT2D eigenvalue weighted by Gasteiger charge is 2.23. The molecule has 12 heavy (non-hydrogen) atoms. The van der Waals surface area contributed by atoms with E-state index in [1.54, 1.807) is 6.08 Å². The predicted molar refractivity (Wildman–Crippen MR) is 44.4 cm³/mol. The van der Waals surface area contributed by atoms with Crippen LogP contribution in [0, 0.1) is 0 Å². The van der Waals surface area contributed by atoms with Gasteiger partial charge in [0.25, 0.3) is 0 Å². The van der Waals surface area contributed by atoms with Gasteiger partial charge in [0.2, 0.25) is 10.0 Å². The van der Waals surface area contributed by atoms with Crippen LogP contribution >= 0.6 is 0 Å². The molecule has 0 saturated carbocycles. The number of primary sulfonamides is 1. The van der Waals surface area contributed by atoms with Gasteiger partial charge in [-0.2, -0.15) is 0 Å². The summed E-state index contributed by atoms with van der Waals surface area (Å²) in [5, 5.41) is 3.82. The first-order valence-corrected chi connectivity index (χ1v) is 4.78. The van der Waals surface area contributed by atoms with E-state index < -0.39 is 15.3 Å². The molecular formula is C7H7NO3S. The van der Waals surface area contributed by atoms with Crippen molar-refractivity contribution in [2.24, 2.45) is 5.14 Å². The molecule has 0 aromatic carbocycles. The topological polar surface area (TPSA) is 77.2 Å². The van der Waals surface area contributed by atoms with Crippen LogP contribution in [0.3, 0.4) is 0 Å². The third-order valence-electron chi connectivity index (χ3n) is 1.45. The lowest BCUT2D eigenvalue weighted by Gasteiger charge is -2.10. The minimum atomic E-state index is -3.72. The van der Waals surface area contributed by atoms with E-state index in [1.165, 1.54) is 24.2 Å². The average molecular weight is 185 g/mol. The Hall–Kier alpha value is -1.16. The van der Waals surface area contributed by atoms with Crippen molar-refractivity contribution in [3.05, 3.63) is 29.9 Å². The highest BCUT2D eigenvalue weighted by atomic mass is 32.2. The molecule has 0 aliphatic heterocycles. The first kappa shape index (κ1) is 8.93. The van der Waals surface area contributed by atoms with Gasteiger partial charge in [-0.3, -0.25) is 0 Å². The second kappa shape index (κ2) is 3.06. The number of hydrogen-bond donors (Lipinski definition) is 1. The maximum atomic E-state index is 10.8. The molecule has 5 heteroatoms. The van der Waals surface area contributed by atoms with E-state index in [9.17, 15) is 13.2 Å². The Balaban J connectivity index is 3.16. The first-order valence-electron chi connectivity index (χ1n) is 3.17. The van der Waals surface area contributed by atoms with E-state index in [-0.39, 0.29) is 5.57 Å². The Morgan fingerprint density at radius 2 is 2.08 bits per heavy atom. The highest BCUT2D eigenvalue weighted by molar-refractivity contribution is 7.90. The van der Waals surface area contributed by atoms with Crippen molar-refractivity contribution in [1.82, 2.24) is 0 Å². The van der Waals surface area contributed by atoms with Crippen molar-refractivity contribution in [3.63, 3.8) is 0 Å². The molecule has 0 bridgehead atoms. The third kappa shape index (κ3) is 1.71. The molecule has 64 valence electrons. The Morgan fingerprint density at radius 3 is 2.50 bits per heavy atom. The van der Waals surface area contributed by atoms with Crippen LogP contribution in [-0.2, 0) is 14.8 Å². The molecule has 0 spiro atoms. The fourth-order valence-electron chi connectivity index (χ4n) is 0.901. The molecule has 1 atom stereocenters. The summed E-state index contributed by atoms with van der Waals surface area (Å²) in [5.74, 6) is 1.53. The lowest BCUT2D eigenvalue weighted by atomic mass is 10.1. The van der Waals surface area contributed by atoms with E-state index in [0.717, 1.165) is 0 Å². The number of sulfonamides is 1. The van der Waals surface area contributed by atoms with E-state index in [4.69, 9.17) is 5.14 Å². The Kier molecular flexibility index (Phi) is 2.28. The fourth-order valence-corrected chi connectivity index (χ4v) is 1.69. The minimum Gasteiger partial charge on any atom is -0.233 e. The average Bonchev–Trinajstić information content (AvgIpc) is 2.03. The van der Waals surface area contributed by atoms with E-state index in [1.807, 2.05) is 0 Å². The fraction of sp³-hybridized carbons (Fsp3) is 0.143. The Labute approximate surface area is 70.1 Å². The van der Waals surface area contributed by atoms with E-state index >= 15 is 0 Å². The quantitative estimate of drug-likeness (QED) is 0.561. The molecule has 1 aliphatic rings. The molecule has 1 aliphatic carbocycles. The molecule has 0 aromatic rings. The van der Waals surface area contributed by atoms with Gasteiger partial charge < -0.3 is 0 Å². The maximum Gasteiger partial charge on any atom is 0.220 e. The summed E-state index contributed by atoms with van der Waals surface area (Å²) in [6.45, 7) is 0. The monoisotopic (exact) mass is 185 g/mol. The van der Waals surface area contributed by atoms with Crippen LogP contribution in [0.5, 0.6) is 0 Å². The molecule has 2 N–H and O–H groups in total. The first-order chi connectivity index (χ1) is 5.55. The lowest BCUT2D eigenvalue weighted by Crippen LogP contribution is -2.29. The largest absolute Gasteiger partial charge is 0.233 e. The lowest BCUT2D eigenvalue weighted by molar-refractivity contribution is 0.565. The third-order valence-corrected chi connectivity index (χ3v) is 2.57. The van der Waals surface area contributed by atoms with Crippen LogP contribution in [0.1, 0.15) is 0 Å². The predicted octanol–water partition coefficient (Wildman–Crippen LogP) is -0.472. The molecule has 0 aromatic heterocycles. The molecule has 4 nitrogen and oxygen atoms in total. The second-order valence-electron chi connectivity index (χ2n) is 2.31. The van der Waals surface area contributed by atoms with Crippen LogP contribution in [0.4, 0.5) is 0 Å².